The van der Waals surface area contributed by atoms with Crippen LogP contribution >= 0.6 is 22.9 Å². The summed E-state index contributed by atoms with van der Waals surface area (Å²) in [5.74, 6) is 0.448. The lowest BCUT2D eigenvalue weighted by Crippen LogP contribution is -2.11. The maximum absolute atomic E-state index is 12.9. The Morgan fingerprint density at radius 1 is 1.18 bits per heavy atom. The van der Waals surface area contributed by atoms with E-state index in [0.29, 0.717) is 10.6 Å². The van der Waals surface area contributed by atoms with Crippen LogP contribution in [0.5, 0.6) is 0 Å². The van der Waals surface area contributed by atoms with Crippen LogP contribution in [0.15, 0.2) is 18.2 Å². The Balaban J connectivity index is 1.98. The molecule has 1 aromatic carbocycles. The van der Waals surface area contributed by atoms with Crippen LogP contribution in [0.4, 0.5) is 13.2 Å². The molecule has 2 aromatic rings. The van der Waals surface area contributed by atoms with Gasteiger partial charge in [0.15, 0.2) is 0 Å². The Morgan fingerprint density at radius 2 is 1.86 bits per heavy atom. The van der Waals surface area contributed by atoms with E-state index in [4.69, 9.17) is 11.6 Å². The molecule has 22 heavy (non-hydrogen) atoms. The molecule has 120 valence electrons. The van der Waals surface area contributed by atoms with Crippen molar-refractivity contribution in [2.45, 2.75) is 50.6 Å². The quantitative estimate of drug-likeness (QED) is 0.509. The molecule has 3 rings (SSSR count). The van der Waals surface area contributed by atoms with Crippen LogP contribution in [-0.4, -0.2) is 0 Å². The second-order valence-corrected chi connectivity index (χ2v) is 7.65. The fourth-order valence-electron chi connectivity index (χ4n) is 3.32. The third-order valence-electron chi connectivity index (χ3n) is 4.62. The van der Waals surface area contributed by atoms with E-state index in [-0.39, 0.29) is 5.38 Å². The van der Waals surface area contributed by atoms with Gasteiger partial charge in [-0.3, -0.25) is 0 Å². The summed E-state index contributed by atoms with van der Waals surface area (Å²) in [4.78, 5) is 1.04. The number of fused-ring (bicyclic) bond motifs is 1. The number of alkyl halides is 4. The first-order valence-corrected chi connectivity index (χ1v) is 8.87. The highest BCUT2D eigenvalue weighted by Gasteiger charge is 2.32. The van der Waals surface area contributed by atoms with E-state index in [1.165, 1.54) is 36.7 Å². The van der Waals surface area contributed by atoms with Gasteiger partial charge in [-0.2, -0.15) is 13.2 Å². The highest BCUT2D eigenvalue weighted by atomic mass is 35.5. The van der Waals surface area contributed by atoms with Gasteiger partial charge < -0.3 is 0 Å². The van der Waals surface area contributed by atoms with Crippen LogP contribution in [0.2, 0.25) is 0 Å². The molecule has 1 saturated carbocycles. The van der Waals surface area contributed by atoms with Crippen LogP contribution in [0, 0.1) is 12.8 Å². The van der Waals surface area contributed by atoms with Crippen molar-refractivity contribution in [3.63, 3.8) is 0 Å². The van der Waals surface area contributed by atoms with Crippen molar-refractivity contribution in [3.05, 3.63) is 34.2 Å². The van der Waals surface area contributed by atoms with E-state index in [9.17, 15) is 13.2 Å². The molecule has 5 heteroatoms. The SMILES string of the molecule is Cc1c(C(Cl)C2CCCCC2)sc2cc(C(F)(F)F)ccc12. The molecule has 0 nitrogen and oxygen atoms in total. The molecule has 0 radical (unpaired) electrons. The van der Waals surface area contributed by atoms with E-state index in [1.807, 2.05) is 6.92 Å². The molecule has 1 unspecified atom stereocenters. The number of rotatable bonds is 2. The van der Waals surface area contributed by atoms with Gasteiger partial charge in [-0.25, -0.2) is 0 Å². The predicted octanol–water partition coefficient (Wildman–Crippen LogP) is 7.09. The van der Waals surface area contributed by atoms with Gasteiger partial charge in [0.1, 0.15) is 0 Å². The zero-order valence-corrected chi connectivity index (χ0v) is 13.9. The summed E-state index contributed by atoms with van der Waals surface area (Å²) < 4.78 is 39.2. The average Bonchev–Trinajstić information content (AvgIpc) is 2.83. The molecule has 0 bridgehead atoms. The summed E-state index contributed by atoms with van der Waals surface area (Å²) in [7, 11) is 0. The van der Waals surface area contributed by atoms with Gasteiger partial charge in [-0.15, -0.1) is 22.9 Å². The highest BCUT2D eigenvalue weighted by molar-refractivity contribution is 7.19. The van der Waals surface area contributed by atoms with Crippen molar-refractivity contribution in [1.82, 2.24) is 0 Å². The molecule has 0 N–H and O–H groups in total. The van der Waals surface area contributed by atoms with Crippen molar-refractivity contribution in [1.29, 1.82) is 0 Å². The van der Waals surface area contributed by atoms with E-state index in [2.05, 4.69) is 0 Å². The van der Waals surface area contributed by atoms with E-state index in [0.717, 1.165) is 34.7 Å². The van der Waals surface area contributed by atoms with Crippen LogP contribution in [0.25, 0.3) is 10.1 Å². The zero-order chi connectivity index (χ0) is 15.9. The number of hydrogen-bond acceptors (Lipinski definition) is 1. The number of benzene rings is 1. The van der Waals surface area contributed by atoms with Crippen molar-refractivity contribution < 1.29 is 13.2 Å². The summed E-state index contributed by atoms with van der Waals surface area (Å²) in [6.45, 7) is 1.97. The number of thiophene rings is 1. The monoisotopic (exact) mass is 346 g/mol. The molecule has 0 spiro atoms. The minimum atomic E-state index is -4.30. The first kappa shape index (κ1) is 16.1. The lowest BCUT2D eigenvalue weighted by Gasteiger charge is -2.25. The van der Waals surface area contributed by atoms with Gasteiger partial charge in [0.25, 0.3) is 0 Å². The van der Waals surface area contributed by atoms with Gasteiger partial charge in [0.2, 0.25) is 0 Å². The number of aryl methyl sites for hydroxylation is 1. The Kier molecular flexibility index (Phi) is 4.43. The van der Waals surface area contributed by atoms with Gasteiger partial charge in [-0.1, -0.05) is 25.3 Å². The molecule has 0 aliphatic heterocycles. The summed E-state index contributed by atoms with van der Waals surface area (Å²) in [6, 6.07) is 3.99. The topological polar surface area (TPSA) is 0 Å². The Hall–Kier alpha value is -0.740. The minimum absolute atomic E-state index is 0.0768. The lowest BCUT2D eigenvalue weighted by molar-refractivity contribution is -0.137. The molecule has 1 fully saturated rings. The van der Waals surface area contributed by atoms with Crippen LogP contribution < -0.4 is 0 Å². The normalized spacial score (nSPS) is 18.8. The minimum Gasteiger partial charge on any atom is -0.166 e. The van der Waals surface area contributed by atoms with Crippen molar-refractivity contribution in [2.24, 2.45) is 5.92 Å². The average molecular weight is 347 g/mol. The van der Waals surface area contributed by atoms with Gasteiger partial charge in [0.05, 0.1) is 10.9 Å². The third kappa shape index (κ3) is 3.00. The summed E-state index contributed by atoms with van der Waals surface area (Å²) in [5.41, 5.74) is 0.455. The van der Waals surface area contributed by atoms with E-state index < -0.39 is 11.7 Å². The Bertz CT molecular complexity index is 668. The molecule has 1 atom stereocenters. The zero-order valence-electron chi connectivity index (χ0n) is 12.3. The maximum Gasteiger partial charge on any atom is 0.416 e. The van der Waals surface area contributed by atoms with Crippen LogP contribution in [-0.2, 0) is 6.18 Å². The first-order valence-electron chi connectivity index (χ1n) is 7.62. The van der Waals surface area contributed by atoms with E-state index >= 15 is 0 Å². The molecule has 1 heterocycles. The van der Waals surface area contributed by atoms with E-state index in [1.54, 1.807) is 6.07 Å². The predicted molar refractivity (Wildman–Crippen MR) is 86.7 cm³/mol. The smallest absolute Gasteiger partial charge is 0.166 e. The second-order valence-electron chi connectivity index (χ2n) is 6.10. The molecule has 0 saturated heterocycles. The molecule has 1 aromatic heterocycles. The first-order chi connectivity index (χ1) is 10.4. The highest BCUT2D eigenvalue weighted by Crippen LogP contribution is 2.46. The summed E-state index contributed by atoms with van der Waals surface area (Å²) >= 11 is 8.10. The molecular formula is C17H18ClF3S. The molecule has 1 aliphatic rings. The summed E-state index contributed by atoms with van der Waals surface area (Å²) in [5, 5.41) is 0.821. The lowest BCUT2D eigenvalue weighted by atomic mass is 9.85. The van der Waals surface area contributed by atoms with Crippen molar-refractivity contribution in [2.75, 3.05) is 0 Å². The van der Waals surface area contributed by atoms with Crippen molar-refractivity contribution >= 4 is 33.0 Å². The van der Waals surface area contributed by atoms with Gasteiger partial charge in [-0.05, 0) is 48.8 Å². The molecular weight excluding hydrogens is 329 g/mol. The van der Waals surface area contributed by atoms with Crippen molar-refractivity contribution in [3.8, 4) is 0 Å². The third-order valence-corrected chi connectivity index (χ3v) is 6.66. The number of halogens is 4. The van der Waals surface area contributed by atoms with Crippen LogP contribution in [0.3, 0.4) is 0 Å². The van der Waals surface area contributed by atoms with Crippen LogP contribution in [0.1, 0.15) is 53.5 Å². The Morgan fingerprint density at radius 3 is 2.50 bits per heavy atom. The van der Waals surface area contributed by atoms with Gasteiger partial charge >= 0.3 is 6.18 Å². The Labute approximate surface area is 137 Å². The summed E-state index contributed by atoms with van der Waals surface area (Å²) in [6.07, 6.45) is 1.62. The van der Waals surface area contributed by atoms with Gasteiger partial charge in [0, 0.05) is 9.58 Å². The standard InChI is InChI=1S/C17H18ClF3S/c1-10-13-8-7-12(17(19,20)21)9-14(13)22-16(10)15(18)11-5-3-2-4-6-11/h7-9,11,15H,2-6H2,1H3. The maximum atomic E-state index is 12.9. The fraction of sp³-hybridized carbons (Fsp3) is 0.529. The number of hydrogen-bond donors (Lipinski definition) is 0. The molecule has 1 aliphatic carbocycles. The largest absolute Gasteiger partial charge is 0.416 e. The second kappa shape index (κ2) is 6.04. The fourth-order valence-corrected chi connectivity index (χ4v) is 5.20. The molecule has 0 amide bonds.